The molecule has 1 spiro atoms. The maximum Gasteiger partial charge on any atom is 0.311 e. The normalized spacial score (nSPS) is 30.0. The van der Waals surface area contributed by atoms with Crippen molar-refractivity contribution in [3.63, 3.8) is 0 Å². The topological polar surface area (TPSA) is 44.8 Å². The highest BCUT2D eigenvalue weighted by atomic mass is 16.7. The Labute approximate surface area is 83.5 Å². The van der Waals surface area contributed by atoms with Gasteiger partial charge >= 0.3 is 5.97 Å². The quantitative estimate of drug-likeness (QED) is 0.549. The maximum absolute atomic E-state index is 11.1. The summed E-state index contributed by atoms with van der Waals surface area (Å²) in [7, 11) is 0. The number of hydrogen-bond acceptors (Lipinski definition) is 4. The first-order valence-electron chi connectivity index (χ1n) is 4.95. The monoisotopic (exact) mass is 200 g/mol. The van der Waals surface area contributed by atoms with Crippen molar-refractivity contribution in [2.45, 2.75) is 32.5 Å². The molecule has 80 valence electrons. The molecule has 0 atom stereocenters. The molecule has 0 aromatic rings. The molecule has 0 saturated carbocycles. The van der Waals surface area contributed by atoms with Crippen molar-refractivity contribution in [2.75, 3.05) is 19.8 Å². The highest BCUT2D eigenvalue weighted by Crippen LogP contribution is 2.35. The summed E-state index contributed by atoms with van der Waals surface area (Å²) in [6.45, 7) is 5.85. The zero-order valence-electron chi connectivity index (χ0n) is 8.67. The lowest BCUT2D eigenvalue weighted by Crippen LogP contribution is -2.51. The molecule has 0 radical (unpaired) electrons. The molecule has 14 heavy (non-hydrogen) atoms. The summed E-state index contributed by atoms with van der Waals surface area (Å²) in [5.74, 6) is -0.916. The van der Waals surface area contributed by atoms with E-state index in [-0.39, 0.29) is 17.8 Å². The molecule has 0 amide bonds. The molecular formula is C10H16O4. The van der Waals surface area contributed by atoms with Gasteiger partial charge in [-0.05, 0) is 0 Å². The van der Waals surface area contributed by atoms with Crippen LogP contribution in [0.2, 0.25) is 0 Å². The van der Waals surface area contributed by atoms with Gasteiger partial charge in [-0.1, -0.05) is 13.8 Å². The summed E-state index contributed by atoms with van der Waals surface area (Å²) < 4.78 is 16.2. The molecule has 0 unspecified atom stereocenters. The van der Waals surface area contributed by atoms with E-state index in [9.17, 15) is 4.79 Å². The Balaban J connectivity index is 2.01. The third kappa shape index (κ3) is 1.91. The zero-order valence-corrected chi connectivity index (χ0v) is 8.67. The molecule has 2 saturated heterocycles. The van der Waals surface area contributed by atoms with Crippen molar-refractivity contribution in [1.82, 2.24) is 0 Å². The van der Waals surface area contributed by atoms with E-state index in [1.165, 1.54) is 0 Å². The zero-order chi connectivity index (χ0) is 10.2. The first-order valence-corrected chi connectivity index (χ1v) is 4.95. The second-order valence-electron chi connectivity index (χ2n) is 4.80. The lowest BCUT2D eigenvalue weighted by molar-refractivity contribution is -0.312. The van der Waals surface area contributed by atoms with E-state index < -0.39 is 5.79 Å². The molecule has 0 aliphatic carbocycles. The highest BCUT2D eigenvalue weighted by Gasteiger charge is 2.44. The third-order valence-electron chi connectivity index (χ3n) is 2.61. The Morgan fingerprint density at radius 1 is 1.21 bits per heavy atom. The fourth-order valence-corrected chi connectivity index (χ4v) is 1.66. The molecule has 0 bridgehead atoms. The summed E-state index contributed by atoms with van der Waals surface area (Å²) in [6.07, 6.45) is 0.873. The van der Waals surface area contributed by atoms with Crippen LogP contribution in [-0.2, 0) is 19.0 Å². The number of carbonyl (C=O) groups excluding carboxylic acids is 1. The molecule has 2 aliphatic rings. The standard InChI is InChI=1S/C10H16O4/c1-9(2)6-13-10(14-7-9)3-4-12-8(11)5-10/h3-7H2,1-2H3. The van der Waals surface area contributed by atoms with Gasteiger partial charge in [0.25, 0.3) is 0 Å². The first-order chi connectivity index (χ1) is 6.52. The van der Waals surface area contributed by atoms with Crippen LogP contribution in [0, 0.1) is 5.41 Å². The van der Waals surface area contributed by atoms with Gasteiger partial charge in [0.05, 0.1) is 26.2 Å². The van der Waals surface area contributed by atoms with Crippen molar-refractivity contribution >= 4 is 5.97 Å². The molecule has 2 fully saturated rings. The van der Waals surface area contributed by atoms with Crippen molar-refractivity contribution in [3.8, 4) is 0 Å². The molecule has 4 nitrogen and oxygen atoms in total. The summed E-state index contributed by atoms with van der Waals surface area (Å²) in [6, 6.07) is 0. The number of carbonyl (C=O) groups is 1. The van der Waals surface area contributed by atoms with Crippen LogP contribution in [0.25, 0.3) is 0 Å². The molecule has 0 aromatic carbocycles. The van der Waals surface area contributed by atoms with Crippen LogP contribution in [0.4, 0.5) is 0 Å². The average Bonchev–Trinajstić information content (AvgIpc) is 2.12. The van der Waals surface area contributed by atoms with Crippen molar-refractivity contribution < 1.29 is 19.0 Å². The van der Waals surface area contributed by atoms with Crippen LogP contribution in [-0.4, -0.2) is 31.6 Å². The summed E-state index contributed by atoms with van der Waals surface area (Å²) in [5, 5.41) is 0. The SMILES string of the molecule is CC1(C)COC2(CCOC(=O)C2)OC1. The van der Waals surface area contributed by atoms with E-state index >= 15 is 0 Å². The highest BCUT2D eigenvalue weighted by molar-refractivity contribution is 5.71. The van der Waals surface area contributed by atoms with Crippen molar-refractivity contribution in [2.24, 2.45) is 5.41 Å². The predicted molar refractivity (Wildman–Crippen MR) is 48.6 cm³/mol. The minimum absolute atomic E-state index is 0.0482. The number of hydrogen-bond donors (Lipinski definition) is 0. The van der Waals surface area contributed by atoms with Gasteiger partial charge in [0, 0.05) is 11.8 Å². The molecule has 0 N–H and O–H groups in total. The Morgan fingerprint density at radius 3 is 2.43 bits per heavy atom. The Kier molecular flexibility index (Phi) is 2.27. The van der Waals surface area contributed by atoms with Gasteiger partial charge in [0.2, 0.25) is 0 Å². The van der Waals surface area contributed by atoms with Gasteiger partial charge in [0.1, 0.15) is 0 Å². The number of cyclic esters (lactones) is 1. The van der Waals surface area contributed by atoms with Crippen LogP contribution >= 0.6 is 0 Å². The van der Waals surface area contributed by atoms with E-state index in [1.54, 1.807) is 0 Å². The van der Waals surface area contributed by atoms with Crippen LogP contribution in [0.3, 0.4) is 0 Å². The van der Waals surface area contributed by atoms with E-state index in [1.807, 2.05) is 0 Å². The fourth-order valence-electron chi connectivity index (χ4n) is 1.66. The summed E-state index contributed by atoms with van der Waals surface area (Å²) in [5.41, 5.74) is 0.0482. The molecule has 2 heterocycles. The Hall–Kier alpha value is -0.610. The predicted octanol–water partition coefficient (Wildman–Crippen LogP) is 1.09. The van der Waals surface area contributed by atoms with Gasteiger partial charge in [-0.15, -0.1) is 0 Å². The van der Waals surface area contributed by atoms with E-state index in [0.29, 0.717) is 26.2 Å². The van der Waals surface area contributed by atoms with Crippen molar-refractivity contribution in [1.29, 1.82) is 0 Å². The van der Waals surface area contributed by atoms with Crippen LogP contribution in [0.1, 0.15) is 26.7 Å². The lowest BCUT2D eigenvalue weighted by atomic mass is 9.93. The average molecular weight is 200 g/mol. The number of ether oxygens (including phenoxy) is 3. The van der Waals surface area contributed by atoms with Gasteiger partial charge < -0.3 is 14.2 Å². The Bertz CT molecular complexity index is 237. The minimum atomic E-state index is -0.690. The third-order valence-corrected chi connectivity index (χ3v) is 2.61. The number of rotatable bonds is 0. The second-order valence-corrected chi connectivity index (χ2v) is 4.80. The summed E-state index contributed by atoms with van der Waals surface area (Å²) in [4.78, 5) is 11.1. The van der Waals surface area contributed by atoms with Crippen LogP contribution < -0.4 is 0 Å². The van der Waals surface area contributed by atoms with Crippen LogP contribution in [0.5, 0.6) is 0 Å². The largest absolute Gasteiger partial charge is 0.465 e. The van der Waals surface area contributed by atoms with Gasteiger partial charge in [0.15, 0.2) is 5.79 Å². The molecule has 2 aliphatic heterocycles. The first kappa shape index (κ1) is 9.93. The lowest BCUT2D eigenvalue weighted by Gasteiger charge is -2.44. The molecule has 4 heteroatoms. The van der Waals surface area contributed by atoms with Crippen molar-refractivity contribution in [3.05, 3.63) is 0 Å². The van der Waals surface area contributed by atoms with Gasteiger partial charge in [-0.2, -0.15) is 0 Å². The Morgan fingerprint density at radius 2 is 1.86 bits per heavy atom. The van der Waals surface area contributed by atoms with E-state index in [4.69, 9.17) is 14.2 Å². The van der Waals surface area contributed by atoms with Gasteiger partial charge in [-0.25, -0.2) is 0 Å². The maximum atomic E-state index is 11.1. The smallest absolute Gasteiger partial charge is 0.311 e. The molecule has 0 aromatic heterocycles. The van der Waals surface area contributed by atoms with E-state index in [2.05, 4.69) is 13.8 Å². The minimum Gasteiger partial charge on any atom is -0.465 e. The molecule has 2 rings (SSSR count). The van der Waals surface area contributed by atoms with Crippen LogP contribution in [0.15, 0.2) is 0 Å². The van der Waals surface area contributed by atoms with E-state index in [0.717, 1.165) is 0 Å². The fraction of sp³-hybridized carbons (Fsp3) is 0.900. The second kappa shape index (κ2) is 3.21. The molecular weight excluding hydrogens is 184 g/mol. The number of esters is 1. The summed E-state index contributed by atoms with van der Waals surface area (Å²) >= 11 is 0. The van der Waals surface area contributed by atoms with Gasteiger partial charge in [-0.3, -0.25) is 4.79 Å².